The normalized spacial score (nSPS) is 20.2. The molecule has 0 aromatic heterocycles. The van der Waals surface area contributed by atoms with E-state index < -0.39 is 47.8 Å². The predicted octanol–water partition coefficient (Wildman–Crippen LogP) is 5.78. The molecule has 25 heavy (non-hydrogen) atoms. The maximum atomic E-state index is 13.5. The third-order valence-electron chi connectivity index (χ3n) is 2.11. The van der Waals surface area contributed by atoms with Crippen LogP contribution in [0.4, 0.5) is 57.1 Å². The van der Waals surface area contributed by atoms with Gasteiger partial charge in [0, 0.05) is 6.92 Å². The number of hydrogen-bond donors (Lipinski definition) is 0. The topological polar surface area (TPSA) is 18.5 Å². The molecule has 0 bridgehead atoms. The van der Waals surface area contributed by atoms with E-state index in [4.69, 9.17) is 0 Å². The molecule has 0 aliphatic rings. The van der Waals surface area contributed by atoms with Gasteiger partial charge < -0.3 is 0 Å². The smallest absolute Gasteiger partial charge is 0.263 e. The largest absolute Gasteiger partial charge is 0.458 e. The molecule has 0 rings (SSSR count). The summed E-state index contributed by atoms with van der Waals surface area (Å²) in [7, 11) is 0. The number of hydrogen-bond acceptors (Lipinski definition) is 2. The van der Waals surface area contributed by atoms with E-state index in [1.54, 1.807) is 0 Å². The Kier molecular flexibility index (Phi) is 6.23. The highest BCUT2D eigenvalue weighted by Gasteiger charge is 2.81. The van der Waals surface area contributed by atoms with Crippen molar-refractivity contribution >= 4 is 23.2 Å². The van der Waals surface area contributed by atoms with Gasteiger partial charge in [-0.2, -0.15) is 57.1 Å². The number of ether oxygens (including phenoxy) is 2. The molecule has 0 aromatic rings. The molecule has 0 amide bonds. The van der Waals surface area contributed by atoms with Crippen molar-refractivity contribution in [3.05, 3.63) is 0 Å². The highest BCUT2D eigenvalue weighted by molar-refractivity contribution is 6.31. The molecule has 0 aromatic carbocycles. The molecule has 0 fully saturated rings. The quantitative estimate of drug-likeness (QED) is 0.363. The molecule has 0 saturated carbocycles. The minimum atomic E-state index is -7.33. The molecule has 0 radical (unpaired) electrons. The van der Waals surface area contributed by atoms with Crippen molar-refractivity contribution in [3.63, 3.8) is 0 Å². The van der Waals surface area contributed by atoms with Gasteiger partial charge in [0.15, 0.2) is 0 Å². The molecule has 17 heteroatoms. The van der Waals surface area contributed by atoms with Crippen molar-refractivity contribution in [1.29, 1.82) is 0 Å². The lowest BCUT2D eigenvalue weighted by Gasteiger charge is -2.38. The average molecular weight is 449 g/mol. The summed E-state index contributed by atoms with van der Waals surface area (Å²) in [5, 5.41) is -11.5. The van der Waals surface area contributed by atoms with E-state index in [2.05, 4.69) is 23.2 Å². The summed E-state index contributed by atoms with van der Waals surface area (Å²) in [5.41, 5.74) is 0. The lowest BCUT2D eigenvalue weighted by molar-refractivity contribution is -0.530. The van der Waals surface area contributed by atoms with Crippen LogP contribution < -0.4 is 0 Å². The van der Waals surface area contributed by atoms with Gasteiger partial charge in [-0.05, 0) is 23.2 Å². The van der Waals surface area contributed by atoms with Gasteiger partial charge >= 0.3 is 40.9 Å². The van der Waals surface area contributed by atoms with Crippen LogP contribution in [0.3, 0.4) is 0 Å². The van der Waals surface area contributed by atoms with E-state index in [1.807, 2.05) is 9.47 Å². The first-order valence-electron chi connectivity index (χ1n) is 5.15. The predicted molar refractivity (Wildman–Crippen MR) is 53.1 cm³/mol. The van der Waals surface area contributed by atoms with E-state index in [1.165, 1.54) is 0 Å². The third-order valence-corrected chi connectivity index (χ3v) is 2.76. The zero-order valence-electron chi connectivity index (χ0n) is 11.0. The SMILES string of the molecule is CC(F)(F)C(F)(F)OC(F)(C(F)(F)F)C(F)(F)OC(F)(Cl)C(F)(F)Cl. The van der Waals surface area contributed by atoms with Crippen molar-refractivity contribution in [1.82, 2.24) is 0 Å². The Hall–Kier alpha value is -0.410. The van der Waals surface area contributed by atoms with E-state index in [9.17, 15) is 57.1 Å². The average Bonchev–Trinajstić information content (AvgIpc) is 2.21. The van der Waals surface area contributed by atoms with Crippen molar-refractivity contribution < 1.29 is 66.5 Å². The molecule has 2 unspecified atom stereocenters. The summed E-state index contributed by atoms with van der Waals surface area (Å²) in [5.74, 6) is -12.9. The maximum Gasteiger partial charge on any atom is 0.458 e. The highest BCUT2D eigenvalue weighted by Crippen LogP contribution is 2.55. The molecule has 0 N–H and O–H groups in total. The molecule has 0 aliphatic heterocycles. The van der Waals surface area contributed by atoms with Crippen molar-refractivity contribution in [2.45, 2.75) is 47.8 Å². The number of rotatable bonds is 7. The van der Waals surface area contributed by atoms with Crippen LogP contribution in [-0.4, -0.2) is 40.9 Å². The summed E-state index contributed by atoms with van der Waals surface area (Å²) < 4.78 is 169. The van der Waals surface area contributed by atoms with E-state index in [0.29, 0.717) is 0 Å². The van der Waals surface area contributed by atoms with Crippen molar-refractivity contribution in [3.8, 4) is 0 Å². The Morgan fingerprint density at radius 3 is 1.20 bits per heavy atom. The second-order valence-electron chi connectivity index (χ2n) is 4.23. The van der Waals surface area contributed by atoms with Gasteiger partial charge in [-0.15, -0.1) is 0 Å². The molecular weight excluding hydrogens is 446 g/mol. The van der Waals surface area contributed by atoms with Crippen LogP contribution >= 0.6 is 23.2 Å². The molecule has 0 aliphatic carbocycles. The molecule has 0 heterocycles. The van der Waals surface area contributed by atoms with Crippen LogP contribution in [0.5, 0.6) is 0 Å². The summed E-state index contributed by atoms with van der Waals surface area (Å²) in [4.78, 5) is 0. The summed E-state index contributed by atoms with van der Waals surface area (Å²) in [6, 6.07) is 0. The zero-order valence-corrected chi connectivity index (χ0v) is 12.5. The van der Waals surface area contributed by atoms with Crippen LogP contribution in [0, 0.1) is 0 Å². The Morgan fingerprint density at radius 1 is 0.600 bits per heavy atom. The molecular formula is C8H3Cl2F13O2. The number of alkyl halides is 15. The Balaban J connectivity index is 6.13. The first-order valence-corrected chi connectivity index (χ1v) is 5.91. The van der Waals surface area contributed by atoms with Crippen molar-refractivity contribution in [2.75, 3.05) is 0 Å². The van der Waals surface area contributed by atoms with Crippen LogP contribution in [0.2, 0.25) is 0 Å². The van der Waals surface area contributed by atoms with Gasteiger partial charge in [0.1, 0.15) is 0 Å². The minimum Gasteiger partial charge on any atom is -0.263 e. The standard InChI is InChI=1S/C8H3Cl2F13O2/c1-2(11,12)7(20,21)24-3(13,6(17,18)19)8(22,23)25-5(10,16)4(9,14)15/h1H3. The monoisotopic (exact) mass is 448 g/mol. The molecule has 0 spiro atoms. The van der Waals surface area contributed by atoms with Gasteiger partial charge in [-0.25, -0.2) is 0 Å². The lowest BCUT2D eigenvalue weighted by atomic mass is 10.2. The lowest BCUT2D eigenvalue weighted by Crippen LogP contribution is -2.65. The molecule has 0 saturated heterocycles. The zero-order chi connectivity index (χ0) is 20.9. The van der Waals surface area contributed by atoms with Crippen LogP contribution in [0.25, 0.3) is 0 Å². The molecule has 2 nitrogen and oxygen atoms in total. The van der Waals surface area contributed by atoms with Crippen molar-refractivity contribution in [2.24, 2.45) is 0 Å². The van der Waals surface area contributed by atoms with E-state index in [-0.39, 0.29) is 0 Å². The van der Waals surface area contributed by atoms with Gasteiger partial charge in [0.05, 0.1) is 0 Å². The highest BCUT2D eigenvalue weighted by atomic mass is 35.5. The molecule has 152 valence electrons. The fourth-order valence-corrected chi connectivity index (χ4v) is 0.968. The number of halogens is 15. The van der Waals surface area contributed by atoms with Crippen LogP contribution in [0.1, 0.15) is 6.92 Å². The van der Waals surface area contributed by atoms with E-state index >= 15 is 0 Å². The Morgan fingerprint density at radius 2 is 0.960 bits per heavy atom. The summed E-state index contributed by atoms with van der Waals surface area (Å²) in [6.07, 6.45) is -21.1. The fraction of sp³-hybridized carbons (Fsp3) is 1.00. The van der Waals surface area contributed by atoms with Gasteiger partial charge in [-0.3, -0.25) is 9.47 Å². The first-order chi connectivity index (χ1) is 10.4. The first kappa shape index (κ1) is 24.6. The molecule has 2 atom stereocenters. The van der Waals surface area contributed by atoms with Gasteiger partial charge in [0.2, 0.25) is 0 Å². The fourth-order valence-electron chi connectivity index (χ4n) is 0.833. The summed E-state index contributed by atoms with van der Waals surface area (Å²) >= 11 is 7.73. The minimum absolute atomic E-state index is 0.864. The van der Waals surface area contributed by atoms with Gasteiger partial charge in [0.25, 0.3) is 0 Å². The second kappa shape index (κ2) is 6.34. The van der Waals surface area contributed by atoms with Crippen LogP contribution in [-0.2, 0) is 9.47 Å². The van der Waals surface area contributed by atoms with E-state index in [0.717, 1.165) is 0 Å². The Bertz CT molecular complexity index is 480. The Labute approximate surface area is 138 Å². The van der Waals surface area contributed by atoms with Gasteiger partial charge in [-0.1, -0.05) is 0 Å². The summed E-state index contributed by atoms with van der Waals surface area (Å²) in [6.45, 7) is -0.864. The maximum absolute atomic E-state index is 13.5. The second-order valence-corrected chi connectivity index (χ2v) is 5.19. The third kappa shape index (κ3) is 4.86. The van der Waals surface area contributed by atoms with Crippen LogP contribution in [0.15, 0.2) is 0 Å².